The maximum absolute atomic E-state index is 12.5. The van der Waals surface area contributed by atoms with Gasteiger partial charge in [-0.2, -0.15) is 13.2 Å². The van der Waals surface area contributed by atoms with E-state index in [9.17, 15) is 18.0 Å². The number of carbonyl (C=O) groups is 1. The SMILES string of the molecule is O=C(C=Cc1ccc(C(F)(F)F)cc1)Nc1ccc2cccnc2c1. The van der Waals surface area contributed by atoms with Crippen LogP contribution in [-0.4, -0.2) is 10.9 Å². The molecule has 2 aromatic carbocycles. The third kappa shape index (κ3) is 4.23. The molecule has 0 radical (unpaired) electrons. The number of rotatable bonds is 3. The number of alkyl halides is 3. The summed E-state index contributed by atoms with van der Waals surface area (Å²) in [6.45, 7) is 0. The first-order valence-electron chi connectivity index (χ1n) is 7.43. The number of hydrogen-bond donors (Lipinski definition) is 1. The fourth-order valence-corrected chi connectivity index (χ4v) is 2.28. The fraction of sp³-hybridized carbons (Fsp3) is 0.0526. The molecule has 25 heavy (non-hydrogen) atoms. The first-order chi connectivity index (χ1) is 11.9. The smallest absolute Gasteiger partial charge is 0.322 e. The lowest BCUT2D eigenvalue weighted by atomic mass is 10.1. The molecule has 0 fully saturated rings. The summed E-state index contributed by atoms with van der Waals surface area (Å²) in [5.41, 5.74) is 1.13. The van der Waals surface area contributed by atoms with Gasteiger partial charge in [0.25, 0.3) is 0 Å². The van der Waals surface area contributed by atoms with Crippen LogP contribution in [0.15, 0.2) is 66.9 Å². The number of aromatic nitrogens is 1. The first-order valence-corrected chi connectivity index (χ1v) is 7.43. The Morgan fingerprint density at radius 1 is 1.04 bits per heavy atom. The van der Waals surface area contributed by atoms with Crippen molar-refractivity contribution in [3.8, 4) is 0 Å². The third-order valence-electron chi connectivity index (χ3n) is 3.54. The van der Waals surface area contributed by atoms with Gasteiger partial charge in [0.05, 0.1) is 11.1 Å². The summed E-state index contributed by atoms with van der Waals surface area (Å²) in [5.74, 6) is -0.379. The van der Waals surface area contributed by atoms with Gasteiger partial charge in [-0.05, 0) is 42.0 Å². The van der Waals surface area contributed by atoms with Gasteiger partial charge < -0.3 is 5.32 Å². The van der Waals surface area contributed by atoms with Crippen LogP contribution in [-0.2, 0) is 11.0 Å². The number of fused-ring (bicyclic) bond motifs is 1. The van der Waals surface area contributed by atoms with Crippen molar-refractivity contribution >= 4 is 28.6 Å². The van der Waals surface area contributed by atoms with E-state index in [0.29, 0.717) is 11.3 Å². The molecule has 3 rings (SSSR count). The Hall–Kier alpha value is -3.15. The zero-order valence-electron chi connectivity index (χ0n) is 12.9. The molecule has 6 heteroatoms. The molecule has 126 valence electrons. The topological polar surface area (TPSA) is 42.0 Å². The van der Waals surface area contributed by atoms with Gasteiger partial charge in [-0.1, -0.05) is 24.3 Å². The van der Waals surface area contributed by atoms with Gasteiger partial charge in [0.1, 0.15) is 0 Å². The van der Waals surface area contributed by atoms with Crippen LogP contribution >= 0.6 is 0 Å². The average Bonchev–Trinajstić information content (AvgIpc) is 2.59. The number of nitrogens with zero attached hydrogens (tertiary/aromatic N) is 1. The van der Waals surface area contributed by atoms with E-state index in [-0.39, 0.29) is 5.91 Å². The summed E-state index contributed by atoms with van der Waals surface area (Å²) in [6.07, 6.45) is 0.0161. The summed E-state index contributed by atoms with van der Waals surface area (Å²) in [5, 5.41) is 3.65. The van der Waals surface area contributed by atoms with Crippen molar-refractivity contribution in [3.05, 3.63) is 78.0 Å². The van der Waals surface area contributed by atoms with E-state index < -0.39 is 11.7 Å². The number of nitrogens with one attached hydrogen (secondary N) is 1. The van der Waals surface area contributed by atoms with Crippen LogP contribution in [0, 0.1) is 0 Å². The van der Waals surface area contributed by atoms with Crippen LogP contribution < -0.4 is 5.32 Å². The highest BCUT2D eigenvalue weighted by atomic mass is 19.4. The molecule has 1 heterocycles. The first kappa shape index (κ1) is 16.7. The Morgan fingerprint density at radius 2 is 1.80 bits per heavy atom. The molecule has 1 amide bonds. The highest BCUT2D eigenvalue weighted by Crippen LogP contribution is 2.29. The summed E-state index contributed by atoms with van der Waals surface area (Å²) in [6, 6.07) is 13.7. The Labute approximate surface area is 141 Å². The molecular formula is C19H13F3N2O. The van der Waals surface area contributed by atoms with Gasteiger partial charge in [-0.15, -0.1) is 0 Å². The van der Waals surface area contributed by atoms with Gasteiger partial charge >= 0.3 is 6.18 Å². The minimum absolute atomic E-state index is 0.379. The predicted molar refractivity (Wildman–Crippen MR) is 90.9 cm³/mol. The molecule has 0 aliphatic carbocycles. The molecular weight excluding hydrogens is 329 g/mol. The van der Waals surface area contributed by atoms with Crippen LogP contribution in [0.4, 0.5) is 18.9 Å². The average molecular weight is 342 g/mol. The largest absolute Gasteiger partial charge is 0.416 e. The molecule has 1 N–H and O–H groups in total. The summed E-state index contributed by atoms with van der Waals surface area (Å²) < 4.78 is 37.5. The number of pyridine rings is 1. The molecule has 3 nitrogen and oxygen atoms in total. The minimum atomic E-state index is -4.37. The molecule has 0 aliphatic rings. The second-order valence-electron chi connectivity index (χ2n) is 5.35. The number of benzene rings is 2. The Kier molecular flexibility index (Phi) is 4.52. The van der Waals surface area contributed by atoms with Crippen molar-refractivity contribution in [1.82, 2.24) is 4.98 Å². The normalized spacial score (nSPS) is 11.8. The monoisotopic (exact) mass is 342 g/mol. The van der Waals surface area contributed by atoms with Crippen LogP contribution in [0.2, 0.25) is 0 Å². The highest BCUT2D eigenvalue weighted by Gasteiger charge is 2.29. The van der Waals surface area contributed by atoms with Crippen molar-refractivity contribution in [3.63, 3.8) is 0 Å². The lowest BCUT2D eigenvalue weighted by molar-refractivity contribution is -0.137. The van der Waals surface area contributed by atoms with Gasteiger partial charge in [0.15, 0.2) is 0 Å². The standard InChI is InChI=1S/C19H13F3N2O/c20-19(21,22)15-7-3-13(4-8-15)5-10-18(25)24-16-9-6-14-2-1-11-23-17(14)12-16/h1-12H,(H,24,25). The summed E-state index contributed by atoms with van der Waals surface area (Å²) in [7, 11) is 0. The summed E-state index contributed by atoms with van der Waals surface area (Å²) >= 11 is 0. The van der Waals surface area contributed by atoms with E-state index in [0.717, 1.165) is 23.0 Å². The van der Waals surface area contributed by atoms with E-state index in [1.165, 1.54) is 24.3 Å². The van der Waals surface area contributed by atoms with Gasteiger partial charge in [-0.25, -0.2) is 0 Å². The van der Waals surface area contributed by atoms with Crippen LogP contribution in [0.5, 0.6) is 0 Å². The fourth-order valence-electron chi connectivity index (χ4n) is 2.28. The highest BCUT2D eigenvalue weighted by molar-refractivity contribution is 6.02. The van der Waals surface area contributed by atoms with Gasteiger partial charge in [0.2, 0.25) is 5.91 Å². The van der Waals surface area contributed by atoms with Crippen molar-refractivity contribution < 1.29 is 18.0 Å². The Balaban J connectivity index is 1.67. The zero-order valence-corrected chi connectivity index (χ0v) is 12.9. The van der Waals surface area contributed by atoms with Crippen LogP contribution in [0.25, 0.3) is 17.0 Å². The number of anilines is 1. The quantitative estimate of drug-likeness (QED) is 0.688. The lowest BCUT2D eigenvalue weighted by Crippen LogP contribution is -2.07. The molecule has 0 saturated heterocycles. The van der Waals surface area contributed by atoms with E-state index in [1.807, 2.05) is 18.2 Å². The van der Waals surface area contributed by atoms with Crippen LogP contribution in [0.3, 0.4) is 0 Å². The molecule has 0 atom stereocenters. The summed E-state index contributed by atoms with van der Waals surface area (Å²) in [4.78, 5) is 16.2. The maximum atomic E-state index is 12.5. The zero-order chi connectivity index (χ0) is 17.9. The van der Waals surface area contributed by atoms with E-state index >= 15 is 0 Å². The van der Waals surface area contributed by atoms with E-state index in [2.05, 4.69) is 10.3 Å². The van der Waals surface area contributed by atoms with Crippen molar-refractivity contribution in [1.29, 1.82) is 0 Å². The molecule has 0 unspecified atom stereocenters. The Morgan fingerprint density at radius 3 is 2.52 bits per heavy atom. The van der Waals surface area contributed by atoms with Crippen molar-refractivity contribution in [2.24, 2.45) is 0 Å². The van der Waals surface area contributed by atoms with Crippen molar-refractivity contribution in [2.75, 3.05) is 5.32 Å². The molecule has 3 aromatic rings. The van der Waals surface area contributed by atoms with Crippen molar-refractivity contribution in [2.45, 2.75) is 6.18 Å². The second-order valence-corrected chi connectivity index (χ2v) is 5.35. The number of carbonyl (C=O) groups excluding carboxylic acids is 1. The van der Waals surface area contributed by atoms with E-state index in [1.54, 1.807) is 18.3 Å². The van der Waals surface area contributed by atoms with Crippen LogP contribution in [0.1, 0.15) is 11.1 Å². The Bertz CT molecular complexity index is 931. The minimum Gasteiger partial charge on any atom is -0.322 e. The third-order valence-corrected chi connectivity index (χ3v) is 3.54. The number of halogens is 3. The predicted octanol–water partition coefficient (Wildman–Crippen LogP) is 4.91. The number of hydrogen-bond acceptors (Lipinski definition) is 2. The molecule has 1 aromatic heterocycles. The molecule has 0 spiro atoms. The lowest BCUT2D eigenvalue weighted by Gasteiger charge is -2.06. The maximum Gasteiger partial charge on any atom is 0.416 e. The molecule has 0 aliphatic heterocycles. The molecule has 0 bridgehead atoms. The van der Waals surface area contributed by atoms with Gasteiger partial charge in [-0.3, -0.25) is 9.78 Å². The van der Waals surface area contributed by atoms with E-state index in [4.69, 9.17) is 0 Å². The number of amides is 1. The molecule has 0 saturated carbocycles. The van der Waals surface area contributed by atoms with Gasteiger partial charge in [0, 0.05) is 23.3 Å². The second kappa shape index (κ2) is 6.76.